The molecule has 3 unspecified atom stereocenters. The van der Waals surface area contributed by atoms with E-state index < -0.39 is 93.6 Å². The van der Waals surface area contributed by atoms with Crippen LogP contribution >= 0.6 is 0 Å². The third kappa shape index (κ3) is 19.4. The lowest BCUT2D eigenvalue weighted by Crippen LogP contribution is -2.65. The molecule has 0 bridgehead atoms. The van der Waals surface area contributed by atoms with Crippen LogP contribution in [-0.2, 0) is 38.4 Å². The Balaban J connectivity index is 1.33. The van der Waals surface area contributed by atoms with Crippen LogP contribution in [0.4, 0.5) is 0 Å². The number of carbonyl (C=O) groups excluding carboxylic acids is 9. The minimum absolute atomic E-state index is 0.0939. The molecule has 0 radical (unpaired) electrons. The van der Waals surface area contributed by atoms with E-state index in [4.69, 9.17) is 0 Å². The lowest BCUT2D eigenvalue weighted by molar-refractivity contribution is -0.139. The highest BCUT2D eigenvalue weighted by atomic mass is 16.2. The molecule has 85 heavy (non-hydrogen) atoms. The number of nitrogens with one attached hydrogen (secondary N) is 8. The minimum Gasteiger partial charge on any atom is -0.350 e. The molecule has 2 aliphatic carbocycles. The molecule has 1 saturated heterocycles. The van der Waals surface area contributed by atoms with Gasteiger partial charge in [0, 0.05) is 30.6 Å². The van der Waals surface area contributed by atoms with E-state index in [0.717, 1.165) is 43.2 Å². The van der Waals surface area contributed by atoms with E-state index in [1.54, 1.807) is 37.0 Å². The van der Waals surface area contributed by atoms with Crippen molar-refractivity contribution in [2.24, 2.45) is 29.6 Å². The van der Waals surface area contributed by atoms with Gasteiger partial charge < -0.3 is 52.3 Å². The highest BCUT2D eigenvalue weighted by Crippen LogP contribution is 2.50. The molecule has 19 nitrogen and oxygen atoms in total. The third-order valence-electron chi connectivity index (χ3n) is 17.0. The lowest BCUT2D eigenvalue weighted by Gasteiger charge is -2.34. The number of benzene rings is 2. The number of nitrogens with zero attached hydrogens (tertiary/aromatic N) is 2. The average Bonchev–Trinajstić information content (AvgIpc) is 1.68. The molecular formula is C66H102N10O9. The van der Waals surface area contributed by atoms with Crippen LogP contribution in [0.25, 0.3) is 0 Å². The maximum atomic E-state index is 15.1. The van der Waals surface area contributed by atoms with Crippen LogP contribution in [0.1, 0.15) is 181 Å². The van der Waals surface area contributed by atoms with Gasteiger partial charge in [-0.05, 0) is 155 Å². The van der Waals surface area contributed by atoms with Crippen molar-refractivity contribution in [3.05, 3.63) is 83.9 Å². The highest BCUT2D eigenvalue weighted by molar-refractivity contribution is 6.03. The van der Waals surface area contributed by atoms with Crippen LogP contribution in [0.2, 0.25) is 0 Å². The topological polar surface area (TPSA) is 256 Å². The molecule has 1 heterocycles. The summed E-state index contributed by atoms with van der Waals surface area (Å²) >= 11 is 0. The smallest absolute Gasteiger partial charge is 0.254 e. The Morgan fingerprint density at radius 2 is 1.19 bits per heavy atom. The first-order valence-corrected chi connectivity index (χ1v) is 30.9. The molecule has 0 spiro atoms. The number of amides is 9. The van der Waals surface area contributed by atoms with Crippen LogP contribution in [0.15, 0.2) is 67.3 Å². The Bertz CT molecular complexity index is 2680. The first kappa shape index (κ1) is 69.1. The molecule has 19 heteroatoms. The van der Waals surface area contributed by atoms with Crippen LogP contribution in [0.3, 0.4) is 0 Å². The number of likely N-dealkylation sites (tertiary alicyclic amines) is 1. The maximum Gasteiger partial charge on any atom is 0.254 e. The second-order valence-corrected chi connectivity index (χ2v) is 27.5. The van der Waals surface area contributed by atoms with Crippen molar-refractivity contribution in [1.29, 1.82) is 0 Å². The molecule has 0 aromatic heterocycles. The van der Waals surface area contributed by atoms with Gasteiger partial charge in [0.15, 0.2) is 0 Å². The van der Waals surface area contributed by atoms with Gasteiger partial charge in [-0.3, -0.25) is 43.2 Å². The van der Waals surface area contributed by atoms with Crippen molar-refractivity contribution in [3.8, 4) is 0 Å². The summed E-state index contributed by atoms with van der Waals surface area (Å²) in [5, 5.41) is 23.2. The van der Waals surface area contributed by atoms with Gasteiger partial charge in [0.25, 0.3) is 5.91 Å². The van der Waals surface area contributed by atoms with Gasteiger partial charge >= 0.3 is 0 Å². The fraction of sp³-hybridized carbons (Fsp3) is 0.652. The molecule has 9 amide bonds. The van der Waals surface area contributed by atoms with Crippen LogP contribution in [0.5, 0.6) is 0 Å². The zero-order chi connectivity index (χ0) is 63.4. The summed E-state index contributed by atoms with van der Waals surface area (Å²) < 4.78 is 0. The molecular weight excluding hydrogens is 1080 g/mol. The number of hydrogen-bond donors (Lipinski definition) is 8. The van der Waals surface area contributed by atoms with Crippen LogP contribution in [0, 0.1) is 36.5 Å². The second kappa shape index (κ2) is 29.6. The van der Waals surface area contributed by atoms with E-state index in [1.165, 1.54) is 27.7 Å². The van der Waals surface area contributed by atoms with Crippen molar-refractivity contribution >= 4 is 53.2 Å². The summed E-state index contributed by atoms with van der Waals surface area (Å²) in [5.74, 6) is -5.42. The van der Waals surface area contributed by atoms with E-state index >= 15 is 4.79 Å². The standard InChI is InChI=1S/C66H102N10O9/c1-17-42(6)34-52(70-62(85)66(37-49(66)35-45-24-20-18-21-25-45)73-57(80)53-36-48(46-26-22-19-23-27-46)39-76(53)58(81)47-30-28-43(7)29-31-47)56(79)71-63(9,10)60(83)69-50(32-40(2)3)54(77)68-51(33-41(4)5)55(78)72-65(13,14)61(84)74-64(11,12)59(82)67-44(8)38-75(15)16/h17,19,22-23,26-31,40-42,44-45,48-53H,1,18,20-21,24-25,32-39H2,2-16H3,(H,67,82)(H,68,77)(H,69,83)(H,70,85)(H,71,79)(H,72,78)(H,73,80)(H,74,84)/t42?,44-,48+,49?,50-,51-,52-,53-,66?/m0/s1. The van der Waals surface area contributed by atoms with E-state index in [2.05, 4.69) is 49.1 Å². The molecule has 8 N–H and O–H groups in total. The van der Waals surface area contributed by atoms with Crippen molar-refractivity contribution in [2.45, 2.75) is 219 Å². The second-order valence-electron chi connectivity index (χ2n) is 27.5. The zero-order valence-corrected chi connectivity index (χ0v) is 53.6. The van der Waals surface area contributed by atoms with Gasteiger partial charge in [0.05, 0.1) is 0 Å². The SMILES string of the molecule is C=CC(C)C[C@H](NC(=O)C1(NC(=O)[C@@H]2C[C@@H](c3ccccc3)CN2C(=O)c2ccc(C)cc2)CC1CC1CCCCC1)C(=O)NC(C)(C)C(=O)N[C@@H](CC(C)C)C(=O)N[C@@H](CC(C)C)C(=O)NC(C)(C)C(=O)NC(C)(C)C(=O)N[C@@H](C)CN(C)C. The summed E-state index contributed by atoms with van der Waals surface area (Å²) in [6.45, 7) is 27.1. The van der Waals surface area contributed by atoms with Crippen molar-refractivity contribution in [1.82, 2.24) is 52.3 Å². The molecule has 9 atom stereocenters. The number of carbonyl (C=O) groups is 9. The summed E-state index contributed by atoms with van der Waals surface area (Å²) in [7, 11) is 3.77. The van der Waals surface area contributed by atoms with E-state index in [1.807, 2.05) is 110 Å². The van der Waals surface area contributed by atoms with E-state index in [-0.39, 0.29) is 60.8 Å². The lowest BCUT2D eigenvalue weighted by atomic mass is 9.85. The first-order chi connectivity index (χ1) is 39.7. The van der Waals surface area contributed by atoms with E-state index in [0.29, 0.717) is 43.8 Å². The Morgan fingerprint density at radius 1 is 0.659 bits per heavy atom. The Hall–Kier alpha value is -6.63. The number of hydrogen-bond acceptors (Lipinski definition) is 10. The molecule has 5 rings (SSSR count). The quantitative estimate of drug-likeness (QED) is 0.0419. The molecule has 3 fully saturated rings. The molecule has 2 aromatic rings. The first-order valence-electron chi connectivity index (χ1n) is 30.9. The minimum atomic E-state index is -1.66. The van der Waals surface area contributed by atoms with Crippen LogP contribution in [-0.4, -0.2) is 143 Å². The zero-order valence-electron chi connectivity index (χ0n) is 53.6. The van der Waals surface area contributed by atoms with Gasteiger partial charge in [0.2, 0.25) is 47.3 Å². The van der Waals surface area contributed by atoms with Crippen molar-refractivity contribution in [3.63, 3.8) is 0 Å². The third-order valence-corrected chi connectivity index (χ3v) is 17.0. The van der Waals surface area contributed by atoms with Crippen molar-refractivity contribution in [2.75, 3.05) is 27.2 Å². The largest absolute Gasteiger partial charge is 0.350 e. The van der Waals surface area contributed by atoms with E-state index in [9.17, 15) is 38.4 Å². The molecule has 3 aliphatic rings. The highest BCUT2D eigenvalue weighted by Gasteiger charge is 2.62. The van der Waals surface area contributed by atoms with Gasteiger partial charge in [0.1, 0.15) is 46.3 Å². The number of likely N-dealkylation sites (N-methyl/N-ethyl adjacent to an activating group) is 1. The Kier molecular flexibility index (Phi) is 24.1. The molecule has 470 valence electrons. The number of rotatable bonds is 29. The Morgan fingerprint density at radius 3 is 1.74 bits per heavy atom. The summed E-state index contributed by atoms with van der Waals surface area (Å²) in [6.07, 6.45) is 8.90. The van der Waals surface area contributed by atoms with Crippen molar-refractivity contribution < 1.29 is 43.2 Å². The van der Waals surface area contributed by atoms with Gasteiger partial charge in [-0.25, -0.2) is 0 Å². The number of aryl methyl sites for hydroxylation is 1. The predicted octanol–water partition coefficient (Wildman–Crippen LogP) is 6.35. The molecule has 2 aromatic carbocycles. The van der Waals surface area contributed by atoms with Gasteiger partial charge in [-0.2, -0.15) is 0 Å². The normalized spacial score (nSPS) is 20.9. The summed E-state index contributed by atoms with van der Waals surface area (Å²) in [6, 6.07) is 12.5. The monoisotopic (exact) mass is 1180 g/mol. The average molecular weight is 1180 g/mol. The summed E-state index contributed by atoms with van der Waals surface area (Å²) in [5.41, 5.74) is -3.44. The fourth-order valence-corrected chi connectivity index (χ4v) is 11.8. The van der Waals surface area contributed by atoms with Crippen LogP contribution < -0.4 is 42.5 Å². The Labute approximate surface area is 506 Å². The number of allylic oxidation sites excluding steroid dienone is 1. The summed E-state index contributed by atoms with van der Waals surface area (Å²) in [4.78, 5) is 133. The van der Waals surface area contributed by atoms with Gasteiger partial charge in [-0.15, -0.1) is 6.58 Å². The predicted molar refractivity (Wildman–Crippen MR) is 331 cm³/mol. The molecule has 1 aliphatic heterocycles. The van der Waals surface area contributed by atoms with Gasteiger partial charge in [-0.1, -0.05) is 121 Å². The molecule has 2 saturated carbocycles. The fourth-order valence-electron chi connectivity index (χ4n) is 11.8. The maximum absolute atomic E-state index is 15.1.